The quantitative estimate of drug-likeness (QED) is 0.0698. The Hall–Kier alpha value is -8.58. The zero-order valence-corrected chi connectivity index (χ0v) is 45.1. The molecule has 0 bridgehead atoms. The van der Waals surface area contributed by atoms with Crippen LogP contribution in [0.3, 0.4) is 0 Å². The number of amides is 2. The minimum absolute atomic E-state index is 0. The average Bonchev–Trinajstić information content (AvgIpc) is 1.32. The Morgan fingerprint density at radius 3 is 1.43 bits per heavy atom. The summed E-state index contributed by atoms with van der Waals surface area (Å²) in [6.45, 7) is 7.02. The molecule has 7 N–H and O–H groups in total. The van der Waals surface area contributed by atoms with Crippen LogP contribution < -0.4 is 31.1 Å². The van der Waals surface area contributed by atoms with E-state index in [1.165, 1.54) is 16.7 Å². The largest absolute Gasteiger partial charge is 0.384 e. The van der Waals surface area contributed by atoms with Gasteiger partial charge in [-0.2, -0.15) is 0 Å². The van der Waals surface area contributed by atoms with Gasteiger partial charge in [-0.3, -0.25) is 38.2 Å². The maximum absolute atomic E-state index is 11.3. The molecule has 5 aliphatic rings. The van der Waals surface area contributed by atoms with E-state index in [1.807, 2.05) is 104 Å². The van der Waals surface area contributed by atoms with Gasteiger partial charge in [0.2, 0.25) is 31.9 Å². The Bertz CT molecular complexity index is 3590. The zero-order valence-electron chi connectivity index (χ0n) is 43.5. The molecule has 18 heteroatoms. The van der Waals surface area contributed by atoms with Crippen molar-refractivity contribution in [2.45, 2.75) is 119 Å². The maximum Gasteiger partial charge on any atom is 0.240 e. The van der Waals surface area contributed by atoms with Crippen LogP contribution in [0.5, 0.6) is 0 Å². The van der Waals surface area contributed by atoms with Crippen LogP contribution in [0, 0.1) is 13.8 Å². The fourth-order valence-corrected chi connectivity index (χ4v) is 10.5. The van der Waals surface area contributed by atoms with Crippen molar-refractivity contribution >= 4 is 83.4 Å². The summed E-state index contributed by atoms with van der Waals surface area (Å²) < 4.78 is 49.2. The molecule has 7 aromatic carbocycles. The highest BCUT2D eigenvalue weighted by Crippen LogP contribution is 2.25. The highest BCUT2D eigenvalue weighted by Gasteiger charge is 2.27. The molecule has 0 atom stereocenters. The number of carbonyl (C=O) groups is 6. The van der Waals surface area contributed by atoms with Crippen LogP contribution in [-0.2, 0) is 49.0 Å². The molecule has 0 saturated carbocycles. The summed E-state index contributed by atoms with van der Waals surface area (Å²) in [6.07, 6.45) is 2.71. The van der Waals surface area contributed by atoms with E-state index < -0.39 is 25.8 Å². The average molecular weight is 1240 g/mol. The molecule has 0 radical (unpaired) electrons. The predicted molar refractivity (Wildman–Crippen MR) is 376 cm³/mol. The summed E-state index contributed by atoms with van der Waals surface area (Å²) >= 11 is 0. The number of carbonyl (C=O) groups excluding carboxylic acids is 6. The molecule has 16 nitrogen and oxygen atoms in total. The van der Waals surface area contributed by atoms with E-state index in [0.29, 0.717) is 48.3 Å². The molecule has 5 heterocycles. The summed E-state index contributed by atoms with van der Waals surface area (Å²) in [4.78, 5) is 66.4. The lowest BCUT2D eigenvalue weighted by atomic mass is 10.0. The first-order valence-corrected chi connectivity index (χ1v) is 28.3. The molecule has 482 valence electrons. The van der Waals surface area contributed by atoms with Gasteiger partial charge >= 0.3 is 0 Å². The summed E-state index contributed by atoms with van der Waals surface area (Å²) in [5.74, 6) is -0.419. The van der Waals surface area contributed by atoms with E-state index in [9.17, 15) is 45.6 Å². The first-order valence-electron chi connectivity index (χ1n) is 25.0. The number of hydrogen-bond donors (Lipinski definition) is 6. The predicted octanol–water partition coefficient (Wildman–Crippen LogP) is 16.5. The molecule has 2 amide bonds. The second-order valence-corrected chi connectivity index (χ2v) is 21.8. The van der Waals surface area contributed by atoms with E-state index in [0.717, 1.165) is 52.3 Å². The Morgan fingerprint density at radius 1 is 0.453 bits per heavy atom. The number of aryl methyl sites for hydroxylation is 4. The molecule has 0 fully saturated rings. The molecule has 0 spiro atoms. The second-order valence-electron chi connectivity index (χ2n) is 18.2. The number of para-hydroxylation sites is 5. The van der Waals surface area contributed by atoms with Gasteiger partial charge in [0.1, 0.15) is 5.75 Å². The Kier molecular flexibility index (Phi) is 37.1. The number of anilines is 5. The summed E-state index contributed by atoms with van der Waals surface area (Å²) in [5, 5.41) is 8.62. The van der Waals surface area contributed by atoms with E-state index in [-0.39, 0.29) is 117 Å². The van der Waals surface area contributed by atoms with Crippen molar-refractivity contribution in [2.24, 2.45) is 5.73 Å². The topological polar surface area (TPSA) is 257 Å². The number of ketones is 4. The third-order valence-electron chi connectivity index (χ3n) is 12.4. The third-order valence-corrected chi connectivity index (χ3v) is 14.8. The molecule has 7 aromatic rings. The molecule has 5 aliphatic heterocycles. The molecule has 12 rings (SSSR count). The third kappa shape index (κ3) is 24.6. The van der Waals surface area contributed by atoms with Crippen LogP contribution in [0.25, 0.3) is 0 Å². The highest BCUT2D eigenvalue weighted by molar-refractivity contribution is 7.93. The molecule has 0 aromatic heterocycles. The SMILES string of the molecule is C.C.C.C.C.C.C.C.CC(=O)c1ccccc1C.Cc1ccccc1CN.O=C1CC(=O)c2ccccc2N1.O=C1CCNc2ccccc21.O=C1CCc2ccccc2N1.O=C1CS(=O)(=O)Nc2ccccc21.O=S1(=O)CCc2ccccc2N1.[2HH].[2HH].[2HH].[2HH].[2HH].[2HH].[2HH]. The van der Waals surface area contributed by atoms with E-state index in [1.54, 1.807) is 61.5 Å². The lowest BCUT2D eigenvalue weighted by Gasteiger charge is -2.17. The summed E-state index contributed by atoms with van der Waals surface area (Å²) in [6, 6.07) is 52.4. The van der Waals surface area contributed by atoms with Crippen LogP contribution in [0.1, 0.15) is 165 Å². The normalized spacial score (nSPS) is 13.7. The number of nitrogens with two attached hydrogens (primary N) is 1. The van der Waals surface area contributed by atoms with Crippen LogP contribution in [0.4, 0.5) is 28.4 Å². The molecule has 86 heavy (non-hydrogen) atoms. The summed E-state index contributed by atoms with van der Waals surface area (Å²) in [7, 11) is -6.49. The standard InChI is InChI=1S/C9H7NO2.2C9H9NO.C9H10O.C8H7NO3S.C8H9NO2S.C8H11N.8CH4.7H2/c11-8-5-9(12)10-7-4-2-1-3-6(7)8;11-9-5-6-10-8-4-2-1-3-7(8)9;11-9-6-5-7-3-1-2-4-8(7)10-9;1-7-5-3-4-6-9(7)8(2)10;10-8-5-13(11,12)9-7-4-2-1-3-6(7)8;10-12(11)6-5-7-3-1-2-4-8(7)9-12;1-7-4-2-3-5-8(7)6-9;;;;;;;;;;;;;;;/h1-4H,5H2,(H,10,12);1-4,10H,5-6H2;1-4H,5-6H2,(H,10,11);3-6H,1-2H3;1-4,9H,5H2;1-4,9H,5-6H2;2-5H,6,9H2,1H3;8*1H4;7*1H/i;;;;;;;;;;;;;;;7*1+1. The van der Waals surface area contributed by atoms with Gasteiger partial charge in [-0.25, -0.2) is 16.8 Å². The number of sulfonamides is 2. The Labute approximate surface area is 524 Å². The lowest BCUT2D eigenvalue weighted by Crippen LogP contribution is -2.29. The van der Waals surface area contributed by atoms with Crippen LogP contribution >= 0.6 is 0 Å². The maximum atomic E-state index is 11.3. The summed E-state index contributed by atoms with van der Waals surface area (Å²) in [5.41, 5.74) is 17.7. The molecular formula is C68H108N6O10S2. The van der Waals surface area contributed by atoms with Crippen molar-refractivity contribution in [2.75, 3.05) is 43.4 Å². The minimum atomic E-state index is -3.44. The molecule has 0 aliphatic carbocycles. The van der Waals surface area contributed by atoms with Crippen LogP contribution in [-0.4, -0.2) is 69.8 Å². The van der Waals surface area contributed by atoms with Gasteiger partial charge in [-0.15, -0.1) is 0 Å². The Balaban J connectivity index is -0.000000105. The fourth-order valence-electron chi connectivity index (χ4n) is 8.29. The number of fused-ring (bicyclic) bond motifs is 5. The first kappa shape index (κ1) is 81.6. The van der Waals surface area contributed by atoms with Gasteiger partial charge in [-0.05, 0) is 110 Å². The molecular weight excluding hydrogens is 1120 g/mol. The molecule has 0 saturated heterocycles. The van der Waals surface area contributed by atoms with Gasteiger partial charge in [-0.1, -0.05) is 181 Å². The number of Topliss-reactive ketones (excluding diaryl/α,β-unsaturated/α-hetero) is 4. The second kappa shape index (κ2) is 39.1. The fraction of sp³-hybridized carbons (Fsp3) is 0.294. The highest BCUT2D eigenvalue weighted by atomic mass is 32.2. The van der Waals surface area contributed by atoms with Crippen molar-refractivity contribution < 1.29 is 55.6 Å². The van der Waals surface area contributed by atoms with Crippen molar-refractivity contribution in [3.8, 4) is 0 Å². The van der Waals surface area contributed by atoms with Crippen molar-refractivity contribution in [3.05, 3.63) is 220 Å². The van der Waals surface area contributed by atoms with E-state index >= 15 is 0 Å². The van der Waals surface area contributed by atoms with Crippen molar-refractivity contribution in [3.63, 3.8) is 0 Å². The monoisotopic (exact) mass is 1240 g/mol. The lowest BCUT2D eigenvalue weighted by molar-refractivity contribution is -0.116. The van der Waals surface area contributed by atoms with Crippen molar-refractivity contribution in [1.82, 2.24) is 0 Å². The zero-order chi connectivity index (χ0) is 56.2. The van der Waals surface area contributed by atoms with Crippen molar-refractivity contribution in [1.29, 1.82) is 0 Å². The van der Waals surface area contributed by atoms with Gasteiger partial charge in [0.05, 0.1) is 29.2 Å². The first-order chi connectivity index (χ1) is 37.3. The van der Waals surface area contributed by atoms with Crippen LogP contribution in [0.15, 0.2) is 170 Å². The van der Waals surface area contributed by atoms with E-state index in [2.05, 4.69) is 50.5 Å². The number of rotatable bonds is 2. The van der Waals surface area contributed by atoms with Crippen LogP contribution in [0.2, 0.25) is 0 Å². The number of benzene rings is 7. The van der Waals surface area contributed by atoms with Gasteiger partial charge in [0, 0.05) is 69.5 Å². The smallest absolute Gasteiger partial charge is 0.240 e. The number of hydrogen-bond acceptors (Lipinski definition) is 12. The van der Waals surface area contributed by atoms with Gasteiger partial charge in [0.25, 0.3) is 0 Å². The van der Waals surface area contributed by atoms with Gasteiger partial charge < -0.3 is 21.7 Å². The van der Waals surface area contributed by atoms with Gasteiger partial charge in [0.15, 0.2) is 23.1 Å². The molecule has 0 unspecified atom stereocenters. The Morgan fingerprint density at radius 2 is 0.895 bits per heavy atom. The minimum Gasteiger partial charge on any atom is -0.384 e. The number of nitrogens with one attached hydrogen (secondary N) is 5. The van der Waals surface area contributed by atoms with E-state index in [4.69, 9.17) is 5.73 Å².